The number of carbonyl (C=O) groups is 1. The zero-order valence-corrected chi connectivity index (χ0v) is 21.0. The normalized spacial score (nSPS) is 18.9. The van der Waals surface area contributed by atoms with E-state index in [4.69, 9.17) is 22.7 Å². The summed E-state index contributed by atoms with van der Waals surface area (Å²) in [4.78, 5) is 16.6. The first-order valence-corrected chi connectivity index (χ1v) is 13.4. The van der Waals surface area contributed by atoms with E-state index in [0.29, 0.717) is 23.7 Å². The molecule has 4 rings (SSSR count). The number of alkyl halides is 3. The highest BCUT2D eigenvalue weighted by molar-refractivity contribution is 8.26. The second kappa shape index (κ2) is 9.94. The van der Waals surface area contributed by atoms with Crippen molar-refractivity contribution in [3.63, 3.8) is 0 Å². The quantitative estimate of drug-likeness (QED) is 0.412. The van der Waals surface area contributed by atoms with Crippen molar-refractivity contribution < 1.29 is 29.2 Å². The fourth-order valence-corrected chi connectivity index (χ4v) is 6.06. The molecule has 0 aliphatic carbocycles. The molecule has 1 atom stereocenters. The topological polar surface area (TPSA) is 120 Å². The number of thioether (sulfide) groups is 1. The third-order valence-corrected chi connectivity index (χ3v) is 8.26. The van der Waals surface area contributed by atoms with Crippen molar-refractivity contribution in [2.45, 2.75) is 36.4 Å². The number of nitrogens with two attached hydrogens (primary N) is 1. The number of sulfonamides is 1. The standard InChI is InChI=1S/C22H21ClF3N5O3S2.2H2/c23-14-3-8-17-13(12-14)2-1-10-31(17)18-9-11-30(19(18)32)15-4-6-16(7-5-15)36(33,34)29-21(28)35-20(27)22(24,25)26;;/h3-8,12,18,27H,1-2,9-11H2,(H2,28,29);2*1H/t18-;;/m0../s1. The minimum Gasteiger partial charge on any atom is -0.377 e. The summed E-state index contributed by atoms with van der Waals surface area (Å²) in [6.45, 7) is 1.18. The summed E-state index contributed by atoms with van der Waals surface area (Å²) >= 11 is 5.82. The Morgan fingerprint density at radius 2 is 1.89 bits per heavy atom. The van der Waals surface area contributed by atoms with Gasteiger partial charge in [0.05, 0.1) is 4.90 Å². The Balaban J connectivity index is 0.00000253. The highest BCUT2D eigenvalue weighted by Gasteiger charge is 2.38. The van der Waals surface area contributed by atoms with Crippen molar-refractivity contribution in [1.82, 2.24) is 0 Å². The zero-order valence-electron chi connectivity index (χ0n) is 18.6. The summed E-state index contributed by atoms with van der Waals surface area (Å²) in [6, 6.07) is 10.6. The summed E-state index contributed by atoms with van der Waals surface area (Å²) in [5.74, 6) is -0.113. The lowest BCUT2D eigenvalue weighted by molar-refractivity contribution is -0.118. The maximum atomic E-state index is 13.3. The van der Waals surface area contributed by atoms with Crippen molar-refractivity contribution in [1.29, 1.82) is 5.41 Å². The molecular formula is C22H25ClF3N5O3S2. The van der Waals surface area contributed by atoms with Crippen LogP contribution in [0.5, 0.6) is 0 Å². The van der Waals surface area contributed by atoms with Crippen LogP contribution in [0.1, 0.15) is 21.3 Å². The van der Waals surface area contributed by atoms with Gasteiger partial charge in [-0.3, -0.25) is 10.2 Å². The van der Waals surface area contributed by atoms with Gasteiger partial charge in [0.15, 0.2) is 10.2 Å². The van der Waals surface area contributed by atoms with Gasteiger partial charge < -0.3 is 15.5 Å². The smallest absolute Gasteiger partial charge is 0.377 e. The Bertz CT molecular complexity index is 1340. The van der Waals surface area contributed by atoms with Gasteiger partial charge >= 0.3 is 6.18 Å². The number of fused-ring (bicyclic) bond motifs is 1. The number of hydrogen-bond donors (Lipinski definition) is 2. The Labute approximate surface area is 217 Å². The van der Waals surface area contributed by atoms with E-state index in [1.54, 1.807) is 11.0 Å². The van der Waals surface area contributed by atoms with Crippen LogP contribution < -0.4 is 15.5 Å². The van der Waals surface area contributed by atoms with Crippen molar-refractivity contribution in [3.05, 3.63) is 53.1 Å². The lowest BCUT2D eigenvalue weighted by atomic mass is 9.99. The lowest BCUT2D eigenvalue weighted by Gasteiger charge is -2.35. The SMILES string of the molecule is N=C(SC(N)=NS(=O)(=O)c1ccc(N2CC[C@H](N3CCCc4cc(Cl)ccc43)C2=O)cc1)C(F)(F)F.[HH].[HH]. The molecule has 0 saturated carbocycles. The maximum Gasteiger partial charge on any atom is 0.439 e. The van der Waals surface area contributed by atoms with E-state index in [-0.39, 0.29) is 31.5 Å². The molecule has 2 heterocycles. The fourth-order valence-electron chi connectivity index (χ4n) is 4.28. The molecule has 1 amide bonds. The highest BCUT2D eigenvalue weighted by Crippen LogP contribution is 2.35. The number of amidine groups is 1. The van der Waals surface area contributed by atoms with Crippen LogP contribution in [0.15, 0.2) is 51.8 Å². The molecule has 1 saturated heterocycles. The third-order valence-electron chi connectivity index (χ3n) is 5.87. The van der Waals surface area contributed by atoms with Gasteiger partial charge in [0.1, 0.15) is 6.04 Å². The molecule has 8 nitrogen and oxygen atoms in total. The van der Waals surface area contributed by atoms with Crippen molar-refractivity contribution >= 4 is 60.9 Å². The van der Waals surface area contributed by atoms with Crippen LogP contribution >= 0.6 is 23.4 Å². The summed E-state index contributed by atoms with van der Waals surface area (Å²) in [7, 11) is -4.41. The van der Waals surface area contributed by atoms with E-state index in [9.17, 15) is 26.4 Å². The minimum absolute atomic E-state index is 0. The first-order chi connectivity index (χ1) is 16.9. The minimum atomic E-state index is -4.96. The number of benzene rings is 2. The molecule has 36 heavy (non-hydrogen) atoms. The Morgan fingerprint density at radius 3 is 2.56 bits per heavy atom. The molecule has 1 fully saturated rings. The van der Waals surface area contributed by atoms with Gasteiger partial charge in [-0.1, -0.05) is 11.6 Å². The van der Waals surface area contributed by atoms with E-state index in [2.05, 4.69) is 9.30 Å². The number of anilines is 2. The Kier molecular flexibility index (Phi) is 7.26. The van der Waals surface area contributed by atoms with Crippen molar-refractivity contribution in [2.75, 3.05) is 22.9 Å². The molecular weight excluding hydrogens is 539 g/mol. The number of nitrogens with one attached hydrogen (secondary N) is 1. The summed E-state index contributed by atoms with van der Waals surface area (Å²) in [5.41, 5.74) is 7.87. The molecule has 0 bridgehead atoms. The highest BCUT2D eigenvalue weighted by atomic mass is 35.5. The lowest BCUT2D eigenvalue weighted by Crippen LogP contribution is -2.44. The number of aryl methyl sites for hydroxylation is 1. The molecule has 2 aliphatic rings. The van der Waals surface area contributed by atoms with Crippen molar-refractivity contribution in [3.8, 4) is 0 Å². The van der Waals surface area contributed by atoms with E-state index in [0.717, 1.165) is 30.6 Å². The number of nitrogens with zero attached hydrogens (tertiary/aromatic N) is 3. The average molecular weight is 564 g/mol. The molecule has 2 aromatic carbocycles. The second-order valence-corrected chi connectivity index (χ2v) is 11.3. The van der Waals surface area contributed by atoms with E-state index in [1.807, 2.05) is 12.1 Å². The van der Waals surface area contributed by atoms with E-state index in [1.165, 1.54) is 24.3 Å². The van der Waals surface area contributed by atoms with E-state index < -0.39 is 26.4 Å². The van der Waals surface area contributed by atoms with Crippen LogP contribution in [0.3, 0.4) is 0 Å². The fraction of sp³-hybridized carbons (Fsp3) is 0.318. The van der Waals surface area contributed by atoms with Gasteiger partial charge in [-0.05, 0) is 79.1 Å². The maximum absolute atomic E-state index is 13.3. The molecule has 196 valence electrons. The van der Waals surface area contributed by atoms with Crippen molar-refractivity contribution in [2.24, 2.45) is 10.1 Å². The summed E-state index contributed by atoms with van der Waals surface area (Å²) in [6.07, 6.45) is -2.59. The van der Waals surface area contributed by atoms with Gasteiger partial charge in [-0.2, -0.15) is 21.6 Å². The Hall–Kier alpha value is -2.77. The average Bonchev–Trinajstić information content (AvgIpc) is 3.18. The Morgan fingerprint density at radius 1 is 1.19 bits per heavy atom. The van der Waals surface area contributed by atoms with Gasteiger partial charge in [0, 0.05) is 32.3 Å². The van der Waals surface area contributed by atoms with Crippen LogP contribution in [-0.4, -0.2) is 49.8 Å². The number of hydrogen-bond acceptors (Lipinski definition) is 6. The summed E-state index contributed by atoms with van der Waals surface area (Å²) in [5, 5.41) is 4.84. The number of amides is 1. The molecule has 0 radical (unpaired) electrons. The monoisotopic (exact) mass is 563 g/mol. The predicted molar refractivity (Wildman–Crippen MR) is 139 cm³/mol. The van der Waals surface area contributed by atoms with E-state index >= 15 is 0 Å². The molecule has 2 aromatic rings. The summed E-state index contributed by atoms with van der Waals surface area (Å²) < 4.78 is 65.5. The first-order valence-electron chi connectivity index (χ1n) is 10.8. The molecule has 3 N–H and O–H groups in total. The van der Waals surface area contributed by atoms with Gasteiger partial charge in [-0.25, -0.2) is 0 Å². The number of halogens is 4. The number of carbonyl (C=O) groups excluding carboxylic acids is 1. The predicted octanol–water partition coefficient (Wildman–Crippen LogP) is 4.67. The second-order valence-electron chi connectivity index (χ2n) is 8.19. The molecule has 2 aliphatic heterocycles. The van der Waals surface area contributed by atoms with Crippen LogP contribution in [0, 0.1) is 5.41 Å². The molecule has 14 heteroatoms. The van der Waals surface area contributed by atoms with Gasteiger partial charge in [0.2, 0.25) is 5.91 Å². The van der Waals surface area contributed by atoms with Crippen LogP contribution in [-0.2, 0) is 21.2 Å². The number of rotatable bonds is 4. The zero-order chi connectivity index (χ0) is 26.3. The van der Waals surface area contributed by atoms with Crippen LogP contribution in [0.2, 0.25) is 5.02 Å². The van der Waals surface area contributed by atoms with Crippen LogP contribution in [0.25, 0.3) is 0 Å². The molecule has 0 spiro atoms. The van der Waals surface area contributed by atoms with Gasteiger partial charge in [0.25, 0.3) is 10.0 Å². The van der Waals surface area contributed by atoms with Gasteiger partial charge in [-0.15, -0.1) is 4.40 Å². The largest absolute Gasteiger partial charge is 0.439 e. The van der Waals surface area contributed by atoms with Crippen LogP contribution in [0.4, 0.5) is 24.5 Å². The third kappa shape index (κ3) is 5.47. The first kappa shape index (κ1) is 26.3. The molecule has 0 unspecified atom stereocenters. The molecule has 0 aromatic heterocycles.